The van der Waals surface area contributed by atoms with Gasteiger partial charge in [-0.05, 0) is 12.5 Å². The number of halogens is 1. The highest BCUT2D eigenvalue weighted by Gasteiger charge is 2.11. The van der Waals surface area contributed by atoms with E-state index >= 15 is 0 Å². The first-order valence-corrected chi connectivity index (χ1v) is 6.19. The van der Waals surface area contributed by atoms with Crippen LogP contribution in [0.1, 0.15) is 20.3 Å². The molecule has 1 amide bonds. The lowest BCUT2D eigenvalue weighted by molar-refractivity contribution is -0.118. The maximum Gasteiger partial charge on any atom is 0.250 e. The minimum Gasteiger partial charge on any atom is -0.325 e. The van der Waals surface area contributed by atoms with Crippen molar-refractivity contribution in [3.8, 4) is 0 Å². The topological polar surface area (TPSA) is 51.1 Å². The monoisotopic (exact) mass is 256 g/mol. The second kappa shape index (κ2) is 6.45. The number of amides is 1. The molecule has 17 heavy (non-hydrogen) atoms. The van der Waals surface area contributed by atoms with Crippen LogP contribution in [-0.4, -0.2) is 16.4 Å². The van der Waals surface area contributed by atoms with Gasteiger partial charge >= 0.3 is 0 Å². The molecule has 0 bridgehead atoms. The lowest BCUT2D eigenvalue weighted by Gasteiger charge is -2.11. The maximum atomic E-state index is 11.6. The average Bonchev–Trinajstić information content (AvgIpc) is 2.32. The fraction of sp³-hybridized carbons (Fsp3) is 0.500. The highest BCUT2D eigenvalue weighted by molar-refractivity contribution is 6.19. The zero-order valence-electron chi connectivity index (χ0n) is 10.1. The molecular weight excluding hydrogens is 240 g/mol. The van der Waals surface area contributed by atoms with Gasteiger partial charge in [0.2, 0.25) is 5.91 Å². The number of pyridine rings is 1. The molecule has 1 aromatic rings. The molecule has 0 aromatic carbocycles. The van der Waals surface area contributed by atoms with Crippen molar-refractivity contribution in [1.82, 2.24) is 4.57 Å². The summed E-state index contributed by atoms with van der Waals surface area (Å²) in [5.41, 5.74) is 0.565. The van der Waals surface area contributed by atoms with Gasteiger partial charge in [-0.1, -0.05) is 13.8 Å². The molecule has 0 aliphatic rings. The second-order valence-corrected chi connectivity index (χ2v) is 4.30. The molecule has 0 radical (unpaired) electrons. The van der Waals surface area contributed by atoms with E-state index in [9.17, 15) is 9.59 Å². The molecule has 0 saturated heterocycles. The summed E-state index contributed by atoms with van der Waals surface area (Å²) in [6.45, 7) is 4.39. The van der Waals surface area contributed by atoms with Gasteiger partial charge in [0.15, 0.2) is 0 Å². The van der Waals surface area contributed by atoms with Crippen molar-refractivity contribution in [2.24, 2.45) is 5.92 Å². The number of anilines is 1. The highest BCUT2D eigenvalue weighted by atomic mass is 35.5. The molecule has 1 aromatic heterocycles. The Morgan fingerprint density at radius 1 is 1.53 bits per heavy atom. The summed E-state index contributed by atoms with van der Waals surface area (Å²) < 4.78 is 1.58. The van der Waals surface area contributed by atoms with Crippen LogP contribution in [0.3, 0.4) is 0 Å². The van der Waals surface area contributed by atoms with Crippen LogP contribution >= 0.6 is 11.6 Å². The van der Waals surface area contributed by atoms with Crippen molar-refractivity contribution in [2.75, 3.05) is 11.2 Å². The van der Waals surface area contributed by atoms with Gasteiger partial charge in [-0.15, -0.1) is 11.6 Å². The van der Waals surface area contributed by atoms with Crippen LogP contribution in [0, 0.1) is 5.92 Å². The number of nitrogens with zero attached hydrogens (tertiary/aromatic N) is 1. The van der Waals surface area contributed by atoms with Crippen molar-refractivity contribution in [1.29, 1.82) is 0 Å². The number of aryl methyl sites for hydroxylation is 1. The molecule has 1 atom stereocenters. The lowest BCUT2D eigenvalue weighted by atomic mass is 10.2. The first-order chi connectivity index (χ1) is 8.08. The van der Waals surface area contributed by atoms with Crippen LogP contribution in [0.4, 0.5) is 5.69 Å². The number of hydrogen-bond donors (Lipinski definition) is 1. The average molecular weight is 257 g/mol. The van der Waals surface area contributed by atoms with Crippen molar-refractivity contribution in [3.05, 3.63) is 28.7 Å². The fourth-order valence-corrected chi connectivity index (χ4v) is 1.50. The standard InChI is InChI=1S/C12H17ClN2O2/c1-3-6-15-8-10(4-5-11(15)16)14-12(17)9(2)7-13/h4-5,8-9H,3,6-7H2,1-2H3,(H,14,17). The Hall–Kier alpha value is -1.29. The number of aromatic nitrogens is 1. The summed E-state index contributed by atoms with van der Waals surface area (Å²) in [5, 5.41) is 2.74. The number of carbonyl (C=O) groups excluding carboxylic acids is 1. The molecule has 0 aliphatic heterocycles. The Balaban J connectivity index is 2.82. The lowest BCUT2D eigenvalue weighted by Crippen LogP contribution is -2.24. The smallest absolute Gasteiger partial charge is 0.250 e. The molecule has 1 rings (SSSR count). The highest BCUT2D eigenvalue weighted by Crippen LogP contribution is 2.07. The third-order valence-corrected chi connectivity index (χ3v) is 2.86. The molecule has 1 heterocycles. The number of carbonyl (C=O) groups is 1. The van der Waals surface area contributed by atoms with E-state index in [2.05, 4.69) is 5.32 Å². The molecule has 1 N–H and O–H groups in total. The van der Waals surface area contributed by atoms with Crippen LogP contribution in [-0.2, 0) is 11.3 Å². The summed E-state index contributed by atoms with van der Waals surface area (Å²) in [6.07, 6.45) is 2.53. The number of rotatable bonds is 5. The van der Waals surface area contributed by atoms with Gasteiger partial charge in [0, 0.05) is 30.6 Å². The predicted molar refractivity (Wildman–Crippen MR) is 69.5 cm³/mol. The van der Waals surface area contributed by atoms with Crippen molar-refractivity contribution < 1.29 is 4.79 Å². The third-order valence-electron chi connectivity index (χ3n) is 2.39. The summed E-state index contributed by atoms with van der Waals surface area (Å²) in [6, 6.07) is 3.06. The van der Waals surface area contributed by atoms with Crippen molar-refractivity contribution in [3.63, 3.8) is 0 Å². The van der Waals surface area contributed by atoms with Crippen molar-refractivity contribution >= 4 is 23.2 Å². The second-order valence-electron chi connectivity index (χ2n) is 3.99. The Morgan fingerprint density at radius 2 is 2.24 bits per heavy atom. The minimum atomic E-state index is -0.247. The van der Waals surface area contributed by atoms with Gasteiger partial charge in [0.25, 0.3) is 5.56 Å². The Morgan fingerprint density at radius 3 is 2.82 bits per heavy atom. The molecule has 5 heteroatoms. The van der Waals surface area contributed by atoms with Gasteiger partial charge in [0.1, 0.15) is 0 Å². The minimum absolute atomic E-state index is 0.0600. The quantitative estimate of drug-likeness (QED) is 0.820. The Kier molecular flexibility index (Phi) is 5.22. The zero-order valence-corrected chi connectivity index (χ0v) is 10.8. The molecule has 4 nitrogen and oxygen atoms in total. The number of hydrogen-bond acceptors (Lipinski definition) is 2. The van der Waals surface area contributed by atoms with Gasteiger partial charge in [-0.3, -0.25) is 9.59 Å². The van der Waals surface area contributed by atoms with Gasteiger partial charge in [-0.25, -0.2) is 0 Å². The normalized spacial score (nSPS) is 12.2. The van der Waals surface area contributed by atoms with E-state index in [1.807, 2.05) is 6.92 Å². The summed E-state index contributed by atoms with van der Waals surface area (Å²) in [4.78, 5) is 23.1. The predicted octanol–water partition coefficient (Wildman–Crippen LogP) is 2.07. The van der Waals surface area contributed by atoms with Crippen LogP contribution in [0.25, 0.3) is 0 Å². The molecule has 0 aliphatic carbocycles. The van der Waals surface area contributed by atoms with Crippen LogP contribution < -0.4 is 10.9 Å². The van der Waals surface area contributed by atoms with Crippen LogP contribution in [0.2, 0.25) is 0 Å². The third kappa shape index (κ3) is 3.89. The largest absolute Gasteiger partial charge is 0.325 e. The van der Waals surface area contributed by atoms with Crippen molar-refractivity contribution in [2.45, 2.75) is 26.8 Å². The van der Waals surface area contributed by atoms with E-state index in [1.54, 1.807) is 23.8 Å². The van der Waals surface area contributed by atoms with E-state index in [4.69, 9.17) is 11.6 Å². The van der Waals surface area contributed by atoms with E-state index in [1.165, 1.54) is 6.07 Å². The van der Waals surface area contributed by atoms with E-state index in [0.717, 1.165) is 6.42 Å². The fourth-order valence-electron chi connectivity index (χ4n) is 1.36. The SMILES string of the molecule is CCCn1cc(NC(=O)C(C)CCl)ccc1=O. The summed E-state index contributed by atoms with van der Waals surface area (Å²) >= 11 is 5.60. The molecule has 1 unspecified atom stereocenters. The zero-order chi connectivity index (χ0) is 12.8. The first-order valence-electron chi connectivity index (χ1n) is 5.65. The van der Waals surface area contributed by atoms with Gasteiger partial charge in [-0.2, -0.15) is 0 Å². The maximum absolute atomic E-state index is 11.6. The Labute approximate surface area is 106 Å². The molecule has 0 fully saturated rings. The molecule has 0 saturated carbocycles. The summed E-state index contributed by atoms with van der Waals surface area (Å²) in [5.74, 6) is -0.106. The molecule has 94 valence electrons. The summed E-state index contributed by atoms with van der Waals surface area (Å²) in [7, 11) is 0. The molecular formula is C12H17ClN2O2. The van der Waals surface area contributed by atoms with E-state index in [0.29, 0.717) is 12.2 Å². The van der Waals surface area contributed by atoms with Crippen LogP contribution in [0.15, 0.2) is 23.1 Å². The van der Waals surface area contributed by atoms with E-state index < -0.39 is 0 Å². The molecule has 0 spiro atoms. The number of alkyl halides is 1. The van der Waals surface area contributed by atoms with Gasteiger partial charge in [0.05, 0.1) is 5.69 Å². The first kappa shape index (κ1) is 13.8. The Bertz CT molecular complexity index is 442. The van der Waals surface area contributed by atoms with Crippen LogP contribution in [0.5, 0.6) is 0 Å². The number of nitrogens with one attached hydrogen (secondary N) is 1. The van der Waals surface area contributed by atoms with Gasteiger partial charge < -0.3 is 9.88 Å². The van der Waals surface area contributed by atoms with E-state index in [-0.39, 0.29) is 23.3 Å².